The molecule has 2 rings (SSSR count). The highest BCUT2D eigenvalue weighted by molar-refractivity contribution is 14.1. The summed E-state index contributed by atoms with van der Waals surface area (Å²) in [5.41, 5.74) is 3.24. The fourth-order valence-corrected chi connectivity index (χ4v) is 4.28. The Hall–Kier alpha value is 0.760. The van der Waals surface area contributed by atoms with Gasteiger partial charge in [-0.25, -0.2) is 0 Å². The summed E-state index contributed by atoms with van der Waals surface area (Å²) < 4.78 is 0.701. The molecule has 0 amide bonds. The largest absolute Gasteiger partial charge is 0.122 e. The molecule has 0 aromatic rings. The van der Waals surface area contributed by atoms with Crippen LogP contribution in [0.3, 0.4) is 0 Å². The summed E-state index contributed by atoms with van der Waals surface area (Å²) in [6.07, 6.45) is 3.84. The summed E-state index contributed by atoms with van der Waals surface area (Å²) in [6, 6.07) is 0. The molecule has 0 bridgehead atoms. The normalized spacial score (nSPS) is 45.2. The van der Waals surface area contributed by atoms with Gasteiger partial charge in [-0.1, -0.05) is 33.7 Å². The van der Waals surface area contributed by atoms with Crippen molar-refractivity contribution in [1.82, 2.24) is 0 Å². The highest BCUT2D eigenvalue weighted by Gasteiger charge is 2.42. The monoisotopic (exact) mass is 310 g/mol. The lowest BCUT2D eigenvalue weighted by Crippen LogP contribution is -2.21. The Labute approximate surface area is 99.3 Å². The van der Waals surface area contributed by atoms with E-state index in [0.29, 0.717) is 9.30 Å². The Balaban J connectivity index is 2.17. The summed E-state index contributed by atoms with van der Waals surface area (Å²) in [7, 11) is 0. The van der Waals surface area contributed by atoms with E-state index < -0.39 is 0 Å². The van der Waals surface area contributed by atoms with Gasteiger partial charge in [-0.05, 0) is 44.9 Å². The lowest BCUT2D eigenvalue weighted by Gasteiger charge is -2.29. The van der Waals surface area contributed by atoms with Crippen LogP contribution >= 0.6 is 34.2 Å². The molecule has 0 unspecified atom stereocenters. The lowest BCUT2D eigenvalue weighted by molar-refractivity contribution is 0.367. The molecular formula is C11H16ClI. The summed E-state index contributed by atoms with van der Waals surface area (Å²) in [6.45, 7) is 4.58. The van der Waals surface area contributed by atoms with Gasteiger partial charge >= 0.3 is 0 Å². The number of halogens is 2. The predicted octanol–water partition coefficient (Wildman–Crippen LogP) is 4.16. The first-order valence-electron chi connectivity index (χ1n) is 5.03. The maximum atomic E-state index is 6.31. The van der Waals surface area contributed by atoms with Gasteiger partial charge in [0.05, 0.1) is 0 Å². The van der Waals surface area contributed by atoms with Crippen LogP contribution in [0.1, 0.15) is 33.1 Å². The number of allylic oxidation sites excluding steroid dienone is 2. The summed E-state index contributed by atoms with van der Waals surface area (Å²) in [4.78, 5) is 0. The number of fused-ring (bicyclic) bond motifs is 1. The van der Waals surface area contributed by atoms with Crippen LogP contribution in [0.15, 0.2) is 11.1 Å². The van der Waals surface area contributed by atoms with Crippen LogP contribution in [0.2, 0.25) is 0 Å². The van der Waals surface area contributed by atoms with Gasteiger partial charge in [-0.15, -0.1) is 11.6 Å². The lowest BCUT2D eigenvalue weighted by atomic mass is 9.79. The van der Waals surface area contributed by atoms with Crippen LogP contribution in [0.4, 0.5) is 0 Å². The van der Waals surface area contributed by atoms with E-state index in [2.05, 4.69) is 36.4 Å². The molecule has 2 heteroatoms. The molecule has 0 radical (unpaired) electrons. The van der Waals surface area contributed by atoms with Crippen molar-refractivity contribution < 1.29 is 0 Å². The Bertz CT molecular complexity index is 246. The minimum absolute atomic E-state index is 0.425. The topological polar surface area (TPSA) is 0 Å². The van der Waals surface area contributed by atoms with Gasteiger partial charge in [-0.2, -0.15) is 0 Å². The number of alkyl halides is 2. The molecule has 2 aliphatic carbocycles. The van der Waals surface area contributed by atoms with Crippen molar-refractivity contribution in [3.63, 3.8) is 0 Å². The molecule has 2 aliphatic rings. The van der Waals surface area contributed by atoms with Crippen LogP contribution < -0.4 is 0 Å². The fraction of sp³-hybridized carbons (Fsp3) is 0.818. The van der Waals surface area contributed by atoms with Crippen molar-refractivity contribution in [2.75, 3.05) is 0 Å². The van der Waals surface area contributed by atoms with E-state index in [-0.39, 0.29) is 0 Å². The molecule has 0 heterocycles. The molecule has 0 N–H and O–H groups in total. The van der Waals surface area contributed by atoms with Gasteiger partial charge in [0, 0.05) is 9.30 Å². The van der Waals surface area contributed by atoms with Crippen LogP contribution in [0.25, 0.3) is 0 Å². The number of hydrogen-bond donors (Lipinski definition) is 0. The van der Waals surface area contributed by atoms with Crippen molar-refractivity contribution in [3.05, 3.63) is 11.1 Å². The zero-order chi connectivity index (χ0) is 9.59. The van der Waals surface area contributed by atoms with Crippen molar-refractivity contribution in [2.45, 2.75) is 42.4 Å². The van der Waals surface area contributed by atoms with E-state index in [0.717, 1.165) is 11.8 Å². The molecule has 4 atom stereocenters. The zero-order valence-corrected chi connectivity index (χ0v) is 11.1. The van der Waals surface area contributed by atoms with E-state index in [1.54, 1.807) is 11.1 Å². The molecule has 1 saturated carbocycles. The quantitative estimate of drug-likeness (QED) is 0.358. The number of hydrogen-bond acceptors (Lipinski definition) is 0. The Morgan fingerprint density at radius 2 is 1.85 bits per heavy atom. The first-order chi connectivity index (χ1) is 6.09. The molecule has 0 saturated heterocycles. The van der Waals surface area contributed by atoms with E-state index >= 15 is 0 Å². The second-order valence-corrected chi connectivity index (χ2v) is 6.59. The molecule has 0 aliphatic heterocycles. The van der Waals surface area contributed by atoms with E-state index in [9.17, 15) is 0 Å². The SMILES string of the molecule is CC1=C(C)C[C@H]2[C@@H](C1)C[C@@H](Cl)[C@@H]2I. The first-order valence-corrected chi connectivity index (χ1v) is 6.71. The van der Waals surface area contributed by atoms with E-state index in [1.165, 1.54) is 19.3 Å². The highest BCUT2D eigenvalue weighted by atomic mass is 127. The molecule has 0 aromatic carbocycles. The molecule has 0 spiro atoms. The Morgan fingerprint density at radius 1 is 1.23 bits per heavy atom. The average molecular weight is 311 g/mol. The van der Waals surface area contributed by atoms with Gasteiger partial charge in [0.25, 0.3) is 0 Å². The van der Waals surface area contributed by atoms with E-state index in [4.69, 9.17) is 11.6 Å². The minimum atomic E-state index is 0.425. The van der Waals surface area contributed by atoms with Crippen LogP contribution in [0, 0.1) is 11.8 Å². The molecule has 1 fully saturated rings. The van der Waals surface area contributed by atoms with Crippen molar-refractivity contribution in [2.24, 2.45) is 11.8 Å². The third-order valence-corrected chi connectivity index (χ3v) is 6.39. The van der Waals surface area contributed by atoms with Gasteiger partial charge in [0.2, 0.25) is 0 Å². The van der Waals surface area contributed by atoms with E-state index in [1.807, 2.05) is 0 Å². The predicted molar refractivity (Wildman–Crippen MR) is 66.7 cm³/mol. The van der Waals surface area contributed by atoms with Crippen LogP contribution in [0.5, 0.6) is 0 Å². The third kappa shape index (κ3) is 1.79. The van der Waals surface area contributed by atoms with Crippen molar-refractivity contribution in [1.29, 1.82) is 0 Å². The molecule has 13 heavy (non-hydrogen) atoms. The summed E-state index contributed by atoms with van der Waals surface area (Å²) in [5.74, 6) is 1.75. The fourth-order valence-electron chi connectivity index (χ4n) is 2.73. The van der Waals surface area contributed by atoms with Crippen LogP contribution in [-0.4, -0.2) is 9.30 Å². The minimum Gasteiger partial charge on any atom is -0.122 e. The average Bonchev–Trinajstić information content (AvgIpc) is 2.32. The standard InChI is InChI=1S/C11H16ClI/c1-6-3-8-5-10(12)11(13)9(8)4-7(6)2/h8-11H,3-5H2,1-2H3/t8-,9-,10+,11+/m0/s1. The maximum absolute atomic E-state index is 6.31. The highest BCUT2D eigenvalue weighted by Crippen LogP contribution is 2.49. The molecule has 0 nitrogen and oxygen atoms in total. The van der Waals surface area contributed by atoms with Gasteiger partial charge < -0.3 is 0 Å². The van der Waals surface area contributed by atoms with Gasteiger partial charge in [0.15, 0.2) is 0 Å². The zero-order valence-electron chi connectivity index (χ0n) is 8.19. The Kier molecular flexibility index (Phi) is 2.95. The Morgan fingerprint density at radius 3 is 2.54 bits per heavy atom. The van der Waals surface area contributed by atoms with Crippen molar-refractivity contribution in [3.8, 4) is 0 Å². The second-order valence-electron chi connectivity index (χ2n) is 4.59. The van der Waals surface area contributed by atoms with Crippen molar-refractivity contribution >= 4 is 34.2 Å². The van der Waals surface area contributed by atoms with Crippen LogP contribution in [-0.2, 0) is 0 Å². The number of rotatable bonds is 0. The maximum Gasteiger partial charge on any atom is 0.0459 e. The smallest absolute Gasteiger partial charge is 0.0459 e. The molecule has 74 valence electrons. The first kappa shape index (κ1) is 10.3. The third-order valence-electron chi connectivity index (χ3n) is 3.73. The van der Waals surface area contributed by atoms with Gasteiger partial charge in [-0.3, -0.25) is 0 Å². The summed E-state index contributed by atoms with van der Waals surface area (Å²) >= 11 is 8.86. The molecular weight excluding hydrogens is 294 g/mol. The second kappa shape index (κ2) is 3.73. The summed E-state index contributed by atoms with van der Waals surface area (Å²) in [5, 5.41) is 0.425. The molecule has 0 aromatic heterocycles. The van der Waals surface area contributed by atoms with Gasteiger partial charge in [0.1, 0.15) is 0 Å².